The van der Waals surface area contributed by atoms with E-state index in [2.05, 4.69) is 5.32 Å². The van der Waals surface area contributed by atoms with Gasteiger partial charge in [0.1, 0.15) is 5.75 Å². The summed E-state index contributed by atoms with van der Waals surface area (Å²) < 4.78 is 10.7. The number of rotatable bonds is 6. The molecule has 24 heavy (non-hydrogen) atoms. The van der Waals surface area contributed by atoms with E-state index < -0.39 is 0 Å². The van der Waals surface area contributed by atoms with Crippen LogP contribution in [0, 0.1) is 0 Å². The molecular weight excluding hydrogens is 330 g/mol. The predicted octanol–water partition coefficient (Wildman–Crippen LogP) is 4.10. The van der Waals surface area contributed by atoms with Crippen molar-refractivity contribution in [3.05, 3.63) is 53.1 Å². The Morgan fingerprint density at radius 3 is 2.79 bits per heavy atom. The second-order valence-corrected chi connectivity index (χ2v) is 5.25. The lowest BCUT2D eigenvalue weighted by Gasteiger charge is -2.11. The summed E-state index contributed by atoms with van der Waals surface area (Å²) in [5, 5.41) is 12.4. The molecule has 0 fully saturated rings. The summed E-state index contributed by atoms with van der Waals surface area (Å²) >= 11 is 6.17. The van der Waals surface area contributed by atoms with Gasteiger partial charge in [-0.05, 0) is 42.8 Å². The molecule has 0 radical (unpaired) electrons. The number of ether oxygens (including phenoxy) is 2. The Labute approximate surface area is 145 Å². The molecule has 6 heteroatoms. The molecule has 0 atom stereocenters. The number of phenolic OH excluding ortho intramolecular Hbond substituents is 1. The van der Waals surface area contributed by atoms with Gasteiger partial charge in [0.15, 0.2) is 11.5 Å². The zero-order valence-corrected chi connectivity index (χ0v) is 14.1. The van der Waals surface area contributed by atoms with Crippen molar-refractivity contribution in [3.63, 3.8) is 0 Å². The molecule has 0 aliphatic rings. The second-order valence-electron chi connectivity index (χ2n) is 4.84. The molecule has 126 valence electrons. The van der Waals surface area contributed by atoms with E-state index in [1.165, 1.54) is 25.3 Å². The molecule has 2 N–H and O–H groups in total. The van der Waals surface area contributed by atoms with E-state index in [1.54, 1.807) is 30.3 Å². The highest BCUT2D eigenvalue weighted by Gasteiger charge is 2.10. The lowest BCUT2D eigenvalue weighted by molar-refractivity contribution is -0.111. The molecule has 0 spiro atoms. The van der Waals surface area contributed by atoms with Crippen LogP contribution in [0.5, 0.6) is 17.2 Å². The zero-order chi connectivity index (χ0) is 17.5. The number of nitrogens with one attached hydrogen (secondary N) is 1. The third kappa shape index (κ3) is 4.67. The summed E-state index contributed by atoms with van der Waals surface area (Å²) in [6, 6.07) is 9.74. The third-order valence-electron chi connectivity index (χ3n) is 3.08. The first-order valence-electron chi connectivity index (χ1n) is 7.32. The number of methoxy groups -OCH3 is 1. The molecule has 0 aromatic heterocycles. The summed E-state index contributed by atoms with van der Waals surface area (Å²) in [6.45, 7) is 2.33. The highest BCUT2D eigenvalue weighted by atomic mass is 35.5. The van der Waals surface area contributed by atoms with Crippen LogP contribution in [0.3, 0.4) is 0 Å². The van der Waals surface area contributed by atoms with Gasteiger partial charge in [0.2, 0.25) is 5.91 Å². The molecule has 0 saturated carbocycles. The van der Waals surface area contributed by atoms with Crippen molar-refractivity contribution in [1.29, 1.82) is 0 Å². The minimum absolute atomic E-state index is 0.0834. The quantitative estimate of drug-likeness (QED) is 0.772. The standard InChI is InChI=1S/C18H18ClNO4/c1-3-24-16-10-12(9-15(19)18(16)23-2)7-8-17(22)20-13-5-4-6-14(21)11-13/h4-11,21H,3H2,1-2H3,(H,20,22)/b8-7+. The minimum Gasteiger partial charge on any atom is -0.508 e. The van der Waals surface area contributed by atoms with Crippen LogP contribution in [0.1, 0.15) is 12.5 Å². The Bertz CT molecular complexity index is 759. The lowest BCUT2D eigenvalue weighted by Crippen LogP contribution is -2.07. The Balaban J connectivity index is 2.14. The number of halogens is 1. The summed E-state index contributed by atoms with van der Waals surface area (Å²) in [5.74, 6) is 0.728. The molecular formula is C18H18ClNO4. The van der Waals surface area contributed by atoms with Gasteiger partial charge in [-0.3, -0.25) is 4.79 Å². The molecule has 0 aliphatic carbocycles. The molecule has 2 aromatic rings. The molecule has 0 saturated heterocycles. The molecule has 5 nitrogen and oxygen atoms in total. The van der Waals surface area contributed by atoms with Gasteiger partial charge < -0.3 is 19.9 Å². The highest BCUT2D eigenvalue weighted by Crippen LogP contribution is 2.36. The van der Waals surface area contributed by atoms with Gasteiger partial charge in [0, 0.05) is 17.8 Å². The van der Waals surface area contributed by atoms with Gasteiger partial charge in [-0.25, -0.2) is 0 Å². The molecule has 0 heterocycles. The number of carbonyl (C=O) groups excluding carboxylic acids is 1. The van der Waals surface area contributed by atoms with Crippen LogP contribution in [0.15, 0.2) is 42.5 Å². The van der Waals surface area contributed by atoms with Gasteiger partial charge >= 0.3 is 0 Å². The molecule has 2 rings (SSSR count). The van der Waals surface area contributed by atoms with Gasteiger partial charge in [-0.15, -0.1) is 0 Å². The first kappa shape index (κ1) is 17.7. The van der Waals surface area contributed by atoms with Crippen LogP contribution in [0.4, 0.5) is 5.69 Å². The topological polar surface area (TPSA) is 67.8 Å². The number of hydrogen-bond acceptors (Lipinski definition) is 4. The van der Waals surface area contributed by atoms with Crippen LogP contribution < -0.4 is 14.8 Å². The van der Waals surface area contributed by atoms with Crippen molar-refractivity contribution in [2.24, 2.45) is 0 Å². The van der Waals surface area contributed by atoms with E-state index in [0.29, 0.717) is 34.4 Å². The Kier molecular flexibility index (Phi) is 6.09. The van der Waals surface area contributed by atoms with Crippen LogP contribution >= 0.6 is 11.6 Å². The zero-order valence-electron chi connectivity index (χ0n) is 13.4. The van der Waals surface area contributed by atoms with Crippen LogP contribution in [-0.2, 0) is 4.79 Å². The molecule has 0 aliphatic heterocycles. The van der Waals surface area contributed by atoms with Gasteiger partial charge in [-0.1, -0.05) is 17.7 Å². The largest absolute Gasteiger partial charge is 0.508 e. The van der Waals surface area contributed by atoms with Crippen LogP contribution in [0.2, 0.25) is 5.02 Å². The van der Waals surface area contributed by atoms with Crippen molar-refractivity contribution >= 4 is 29.3 Å². The van der Waals surface area contributed by atoms with E-state index in [-0.39, 0.29) is 11.7 Å². The van der Waals surface area contributed by atoms with E-state index in [9.17, 15) is 9.90 Å². The fourth-order valence-electron chi connectivity index (χ4n) is 2.08. The summed E-state index contributed by atoms with van der Waals surface area (Å²) in [7, 11) is 1.52. The Morgan fingerprint density at radius 2 is 2.12 bits per heavy atom. The number of anilines is 1. The highest BCUT2D eigenvalue weighted by molar-refractivity contribution is 6.32. The first-order chi connectivity index (χ1) is 11.5. The lowest BCUT2D eigenvalue weighted by atomic mass is 10.2. The average Bonchev–Trinajstić information content (AvgIpc) is 2.53. The van der Waals surface area contributed by atoms with E-state index in [0.717, 1.165) is 0 Å². The molecule has 2 aromatic carbocycles. The predicted molar refractivity (Wildman–Crippen MR) is 94.9 cm³/mol. The number of carbonyl (C=O) groups is 1. The van der Waals surface area contributed by atoms with Gasteiger partial charge in [0.05, 0.1) is 18.7 Å². The summed E-state index contributed by atoms with van der Waals surface area (Å²) in [4.78, 5) is 11.9. The van der Waals surface area contributed by atoms with Gasteiger partial charge in [0.25, 0.3) is 0 Å². The smallest absolute Gasteiger partial charge is 0.248 e. The minimum atomic E-state index is -0.328. The van der Waals surface area contributed by atoms with Crippen molar-refractivity contribution in [3.8, 4) is 17.2 Å². The monoisotopic (exact) mass is 347 g/mol. The van der Waals surface area contributed by atoms with Crippen molar-refractivity contribution in [2.75, 3.05) is 19.0 Å². The fourth-order valence-corrected chi connectivity index (χ4v) is 2.38. The third-order valence-corrected chi connectivity index (χ3v) is 3.36. The Morgan fingerprint density at radius 1 is 1.33 bits per heavy atom. The average molecular weight is 348 g/mol. The van der Waals surface area contributed by atoms with Crippen molar-refractivity contribution in [2.45, 2.75) is 6.92 Å². The number of amides is 1. The maximum absolute atomic E-state index is 11.9. The normalized spacial score (nSPS) is 10.6. The maximum Gasteiger partial charge on any atom is 0.248 e. The van der Waals surface area contributed by atoms with Crippen molar-refractivity contribution in [1.82, 2.24) is 0 Å². The second kappa shape index (κ2) is 8.26. The van der Waals surface area contributed by atoms with Gasteiger partial charge in [-0.2, -0.15) is 0 Å². The summed E-state index contributed by atoms with van der Waals surface area (Å²) in [5.41, 5.74) is 1.21. The van der Waals surface area contributed by atoms with E-state index >= 15 is 0 Å². The molecule has 0 unspecified atom stereocenters. The number of hydrogen-bond donors (Lipinski definition) is 2. The molecule has 1 amide bonds. The fraction of sp³-hybridized carbons (Fsp3) is 0.167. The SMILES string of the molecule is CCOc1cc(/C=C/C(=O)Nc2cccc(O)c2)cc(Cl)c1OC. The maximum atomic E-state index is 11.9. The molecule has 0 bridgehead atoms. The summed E-state index contributed by atoms with van der Waals surface area (Å²) in [6.07, 6.45) is 2.99. The van der Waals surface area contributed by atoms with Crippen LogP contribution in [0.25, 0.3) is 6.08 Å². The first-order valence-corrected chi connectivity index (χ1v) is 7.69. The number of benzene rings is 2. The van der Waals surface area contributed by atoms with E-state index in [1.807, 2.05) is 6.92 Å². The van der Waals surface area contributed by atoms with E-state index in [4.69, 9.17) is 21.1 Å². The van der Waals surface area contributed by atoms with Crippen molar-refractivity contribution < 1.29 is 19.4 Å². The number of phenols is 1. The van der Waals surface area contributed by atoms with Crippen LogP contribution in [-0.4, -0.2) is 24.7 Å². The Hall–Kier alpha value is -2.66. The number of aromatic hydroxyl groups is 1.